The smallest absolute Gasteiger partial charge is 0.416 e. The first-order valence-electron chi connectivity index (χ1n) is 9.80. The third-order valence-corrected chi connectivity index (χ3v) is 6.02. The molecule has 0 saturated carbocycles. The van der Waals surface area contributed by atoms with Gasteiger partial charge in [0, 0.05) is 24.0 Å². The van der Waals surface area contributed by atoms with Crippen molar-refractivity contribution in [2.45, 2.75) is 25.4 Å². The molecule has 1 amide bonds. The fraction of sp³-hybridized carbons (Fsp3) is 0.429. The lowest BCUT2D eigenvalue weighted by atomic mass is 9.97. The Hall–Kier alpha value is -2.95. The van der Waals surface area contributed by atoms with E-state index in [2.05, 4.69) is 4.98 Å². The van der Waals surface area contributed by atoms with Crippen LogP contribution in [0.2, 0.25) is 0 Å². The lowest BCUT2D eigenvalue weighted by Crippen LogP contribution is -2.42. The van der Waals surface area contributed by atoms with E-state index in [1.54, 1.807) is 5.38 Å². The first-order chi connectivity index (χ1) is 15.2. The van der Waals surface area contributed by atoms with Crippen LogP contribution in [0.5, 0.6) is 0 Å². The molecule has 1 aliphatic rings. The number of halogens is 3. The molecule has 2 heterocycles. The first kappa shape index (κ1) is 23.7. The van der Waals surface area contributed by atoms with Gasteiger partial charge in [-0.2, -0.15) is 13.2 Å². The van der Waals surface area contributed by atoms with Crippen molar-refractivity contribution in [2.75, 3.05) is 26.8 Å². The van der Waals surface area contributed by atoms with Crippen molar-refractivity contribution in [1.29, 1.82) is 0 Å². The van der Waals surface area contributed by atoms with Crippen LogP contribution < -0.4 is 0 Å². The number of carbonyl (C=O) groups excluding carboxylic acids is 3. The topological polar surface area (TPSA) is 85.8 Å². The first-order valence-corrected chi connectivity index (χ1v) is 10.7. The summed E-state index contributed by atoms with van der Waals surface area (Å²) in [5, 5.41) is 2.10. The molecule has 1 aliphatic heterocycles. The van der Waals surface area contributed by atoms with E-state index >= 15 is 0 Å². The van der Waals surface area contributed by atoms with Crippen LogP contribution in [0.15, 0.2) is 29.6 Å². The summed E-state index contributed by atoms with van der Waals surface area (Å²) in [6, 6.07) is 4.60. The zero-order chi connectivity index (χ0) is 23.3. The van der Waals surface area contributed by atoms with Crippen LogP contribution in [0, 0.1) is 5.92 Å². The summed E-state index contributed by atoms with van der Waals surface area (Å²) in [5.41, 5.74) is 0.162. The summed E-state index contributed by atoms with van der Waals surface area (Å²) in [4.78, 5) is 41.6. The highest BCUT2D eigenvalue weighted by Gasteiger charge is 2.30. The Morgan fingerprint density at radius 2 is 1.81 bits per heavy atom. The van der Waals surface area contributed by atoms with Crippen molar-refractivity contribution in [3.63, 3.8) is 0 Å². The molecule has 0 N–H and O–H groups in total. The monoisotopic (exact) mass is 470 g/mol. The molecule has 0 aliphatic carbocycles. The second-order valence-electron chi connectivity index (χ2n) is 7.23. The number of methoxy groups -OCH3 is 1. The van der Waals surface area contributed by atoms with Gasteiger partial charge in [-0.1, -0.05) is 12.1 Å². The Morgan fingerprint density at radius 3 is 2.41 bits per heavy atom. The Labute approximate surface area is 186 Å². The highest BCUT2D eigenvalue weighted by Crippen LogP contribution is 2.31. The Morgan fingerprint density at radius 1 is 1.16 bits per heavy atom. The summed E-state index contributed by atoms with van der Waals surface area (Å²) in [6.45, 7) is 0.370. The molecule has 172 valence electrons. The fourth-order valence-electron chi connectivity index (χ4n) is 3.29. The Balaban J connectivity index is 1.46. The van der Waals surface area contributed by atoms with Crippen LogP contribution >= 0.6 is 11.3 Å². The van der Waals surface area contributed by atoms with E-state index < -0.39 is 24.3 Å². The van der Waals surface area contributed by atoms with Gasteiger partial charge in [0.25, 0.3) is 5.91 Å². The van der Waals surface area contributed by atoms with E-state index in [0.717, 1.165) is 12.1 Å². The molecule has 1 aromatic carbocycles. The maximum Gasteiger partial charge on any atom is 0.416 e. The molecule has 11 heteroatoms. The highest BCUT2D eigenvalue weighted by atomic mass is 32.1. The summed E-state index contributed by atoms with van der Waals surface area (Å²) in [5.74, 6) is -1.49. The molecular weight excluding hydrogens is 449 g/mol. The minimum Gasteiger partial charge on any atom is -0.469 e. The third kappa shape index (κ3) is 6.06. The summed E-state index contributed by atoms with van der Waals surface area (Å²) in [7, 11) is 1.33. The van der Waals surface area contributed by atoms with Crippen molar-refractivity contribution in [1.82, 2.24) is 9.88 Å². The Kier molecular flexibility index (Phi) is 7.49. The number of aromatic nitrogens is 1. The van der Waals surface area contributed by atoms with E-state index in [4.69, 9.17) is 9.47 Å². The number of nitrogens with zero attached hydrogens (tertiary/aromatic N) is 2. The minimum atomic E-state index is -4.41. The number of rotatable bonds is 6. The van der Waals surface area contributed by atoms with E-state index in [1.807, 2.05) is 0 Å². The average Bonchev–Trinajstić information content (AvgIpc) is 3.25. The van der Waals surface area contributed by atoms with Gasteiger partial charge < -0.3 is 14.4 Å². The quantitative estimate of drug-likeness (QED) is 0.602. The van der Waals surface area contributed by atoms with Crippen LogP contribution in [0.25, 0.3) is 10.6 Å². The summed E-state index contributed by atoms with van der Waals surface area (Å²) >= 11 is 1.20. The van der Waals surface area contributed by atoms with Gasteiger partial charge in [0.1, 0.15) is 5.01 Å². The summed E-state index contributed by atoms with van der Waals surface area (Å²) < 4.78 is 47.8. The van der Waals surface area contributed by atoms with E-state index in [1.165, 1.54) is 35.5 Å². The normalized spacial score (nSPS) is 14.8. The van der Waals surface area contributed by atoms with E-state index in [9.17, 15) is 27.6 Å². The number of hydrogen-bond acceptors (Lipinski definition) is 7. The molecule has 0 spiro atoms. The van der Waals surface area contributed by atoms with Crippen LogP contribution in [0.4, 0.5) is 13.2 Å². The molecular formula is C21H21F3N2O5S. The van der Waals surface area contributed by atoms with Gasteiger partial charge in [0.2, 0.25) is 0 Å². The lowest BCUT2D eigenvalue weighted by Gasteiger charge is -2.30. The number of benzene rings is 1. The van der Waals surface area contributed by atoms with Gasteiger partial charge in [0.05, 0.1) is 30.7 Å². The fourth-order valence-corrected chi connectivity index (χ4v) is 4.11. The third-order valence-electron chi connectivity index (χ3n) is 5.08. The molecule has 2 aromatic rings. The standard InChI is InChI=1S/C21H21F3N2O5S/c1-30-20(29)14-6-8-26(9-7-14)17(27)11-31-18(28)10-16-12-32-19(25-16)13-2-4-15(5-3-13)21(22,23)24/h2-5,12,14H,6-11H2,1H3. The largest absolute Gasteiger partial charge is 0.469 e. The van der Waals surface area contributed by atoms with Gasteiger partial charge in [-0.25, -0.2) is 4.98 Å². The molecule has 0 radical (unpaired) electrons. The zero-order valence-corrected chi connectivity index (χ0v) is 18.0. The zero-order valence-electron chi connectivity index (χ0n) is 17.2. The number of esters is 2. The van der Waals surface area contributed by atoms with Gasteiger partial charge in [-0.3, -0.25) is 14.4 Å². The number of ether oxygens (including phenoxy) is 2. The number of carbonyl (C=O) groups is 3. The van der Waals surface area contributed by atoms with Gasteiger partial charge >= 0.3 is 18.1 Å². The van der Waals surface area contributed by atoms with Crippen LogP contribution in [0.3, 0.4) is 0 Å². The van der Waals surface area contributed by atoms with Crippen molar-refractivity contribution in [2.24, 2.45) is 5.92 Å². The van der Waals surface area contributed by atoms with Crippen LogP contribution in [-0.2, 0) is 36.5 Å². The maximum absolute atomic E-state index is 12.7. The molecule has 0 unspecified atom stereocenters. The molecule has 1 aromatic heterocycles. The minimum absolute atomic E-state index is 0.158. The number of amides is 1. The number of piperidine rings is 1. The Bertz CT molecular complexity index is 967. The van der Waals surface area contributed by atoms with Gasteiger partial charge in [-0.05, 0) is 25.0 Å². The lowest BCUT2D eigenvalue weighted by molar-refractivity contribution is -0.153. The predicted octanol–water partition coefficient (Wildman–Crippen LogP) is 3.33. The van der Waals surface area contributed by atoms with Crippen molar-refractivity contribution in [3.05, 3.63) is 40.9 Å². The average molecular weight is 470 g/mol. The van der Waals surface area contributed by atoms with Gasteiger partial charge in [-0.15, -0.1) is 11.3 Å². The van der Waals surface area contributed by atoms with Crippen LogP contribution in [-0.4, -0.2) is 54.5 Å². The number of alkyl halides is 3. The number of likely N-dealkylation sites (tertiary alicyclic amines) is 1. The molecule has 3 rings (SSSR count). The second-order valence-corrected chi connectivity index (χ2v) is 8.09. The number of hydrogen-bond donors (Lipinski definition) is 0. The SMILES string of the molecule is COC(=O)C1CCN(C(=O)COC(=O)Cc2csc(-c3ccc(C(F)(F)F)cc3)n2)CC1. The van der Waals surface area contributed by atoms with Crippen molar-refractivity contribution < 1.29 is 37.0 Å². The van der Waals surface area contributed by atoms with Crippen LogP contribution in [0.1, 0.15) is 24.1 Å². The molecule has 32 heavy (non-hydrogen) atoms. The molecule has 1 saturated heterocycles. The summed E-state index contributed by atoms with van der Waals surface area (Å²) in [6.07, 6.45) is -3.57. The predicted molar refractivity (Wildman–Crippen MR) is 109 cm³/mol. The molecule has 0 bridgehead atoms. The molecule has 1 fully saturated rings. The van der Waals surface area contributed by atoms with E-state index in [-0.39, 0.29) is 24.2 Å². The van der Waals surface area contributed by atoms with Gasteiger partial charge in [0.15, 0.2) is 6.61 Å². The maximum atomic E-state index is 12.7. The van der Waals surface area contributed by atoms with E-state index in [0.29, 0.717) is 42.2 Å². The van der Waals surface area contributed by atoms with Crippen molar-refractivity contribution >= 4 is 29.2 Å². The highest BCUT2D eigenvalue weighted by molar-refractivity contribution is 7.13. The molecule has 7 nitrogen and oxygen atoms in total. The molecule has 0 atom stereocenters. The second kappa shape index (κ2) is 10.1. The number of thiazole rings is 1. The van der Waals surface area contributed by atoms with Crippen molar-refractivity contribution in [3.8, 4) is 10.6 Å².